The summed E-state index contributed by atoms with van der Waals surface area (Å²) in [5.74, 6) is -0.220. The van der Waals surface area contributed by atoms with E-state index in [1.807, 2.05) is 30.3 Å². The molecule has 0 aliphatic rings. The molecule has 0 fully saturated rings. The molecular weight excluding hydrogens is 232 g/mol. The van der Waals surface area contributed by atoms with Gasteiger partial charge in [0.15, 0.2) is 0 Å². The normalized spacial score (nSPS) is 10.3. The number of carbonyl (C=O) groups excluding carboxylic acids is 1. The van der Waals surface area contributed by atoms with Crippen molar-refractivity contribution in [2.45, 2.75) is 20.0 Å². The van der Waals surface area contributed by atoms with Crippen LogP contribution in [0.4, 0.5) is 0 Å². The van der Waals surface area contributed by atoms with Crippen LogP contribution in [0.15, 0.2) is 30.3 Å². The first kappa shape index (κ1) is 14.7. The van der Waals surface area contributed by atoms with Gasteiger partial charge in [-0.05, 0) is 12.5 Å². The summed E-state index contributed by atoms with van der Waals surface area (Å²) in [6.07, 6.45) is 0.298. The summed E-state index contributed by atoms with van der Waals surface area (Å²) in [6.45, 7) is 4.19. The Labute approximate surface area is 108 Å². The molecule has 18 heavy (non-hydrogen) atoms. The molecule has 1 aromatic rings. The smallest absolute Gasteiger partial charge is 0.308 e. The van der Waals surface area contributed by atoms with E-state index < -0.39 is 0 Å². The molecule has 0 aliphatic carbocycles. The van der Waals surface area contributed by atoms with Crippen LogP contribution < -0.4 is 0 Å². The monoisotopic (exact) mass is 252 g/mol. The van der Waals surface area contributed by atoms with E-state index in [-0.39, 0.29) is 5.97 Å². The highest BCUT2D eigenvalue weighted by Gasteiger charge is 2.00. The van der Waals surface area contributed by atoms with Gasteiger partial charge >= 0.3 is 5.97 Å². The maximum atomic E-state index is 11.0. The number of rotatable bonds is 9. The van der Waals surface area contributed by atoms with Crippen molar-refractivity contribution in [3.63, 3.8) is 0 Å². The van der Waals surface area contributed by atoms with Gasteiger partial charge in [-0.3, -0.25) is 4.79 Å². The first-order valence-corrected chi connectivity index (χ1v) is 6.18. The Morgan fingerprint density at radius 3 is 2.50 bits per heavy atom. The third-order valence-corrected chi connectivity index (χ3v) is 2.24. The van der Waals surface area contributed by atoms with Crippen molar-refractivity contribution in [1.82, 2.24) is 0 Å². The minimum absolute atomic E-state index is 0.220. The molecule has 0 heterocycles. The number of esters is 1. The van der Waals surface area contributed by atoms with E-state index >= 15 is 0 Å². The van der Waals surface area contributed by atoms with Gasteiger partial charge in [0.1, 0.15) is 0 Å². The van der Waals surface area contributed by atoms with Crippen LogP contribution in [0.2, 0.25) is 0 Å². The molecule has 0 spiro atoms. The summed E-state index contributed by atoms with van der Waals surface area (Å²) in [6, 6.07) is 9.97. The van der Waals surface area contributed by atoms with Crippen LogP contribution in [0.25, 0.3) is 0 Å². The third kappa shape index (κ3) is 7.04. The highest BCUT2D eigenvalue weighted by Crippen LogP contribution is 2.00. The molecule has 0 saturated carbocycles. The van der Waals surface area contributed by atoms with Crippen molar-refractivity contribution in [2.24, 2.45) is 0 Å². The van der Waals surface area contributed by atoms with E-state index in [0.717, 1.165) is 5.56 Å². The van der Waals surface area contributed by atoms with Crippen LogP contribution in [-0.2, 0) is 25.6 Å². The summed E-state index contributed by atoms with van der Waals surface area (Å²) < 4.78 is 15.5. The summed E-state index contributed by atoms with van der Waals surface area (Å²) in [7, 11) is 0. The van der Waals surface area contributed by atoms with Gasteiger partial charge in [-0.1, -0.05) is 30.3 Å². The SMILES string of the molecule is CCOC(=O)CCOCCOCc1ccccc1. The van der Waals surface area contributed by atoms with E-state index in [4.69, 9.17) is 14.2 Å². The largest absolute Gasteiger partial charge is 0.466 e. The zero-order valence-corrected chi connectivity index (χ0v) is 10.8. The van der Waals surface area contributed by atoms with Crippen molar-refractivity contribution in [3.8, 4) is 0 Å². The Hall–Kier alpha value is -1.39. The molecule has 0 atom stereocenters. The Balaban J connectivity index is 1.92. The van der Waals surface area contributed by atoms with E-state index in [0.29, 0.717) is 39.5 Å². The van der Waals surface area contributed by atoms with Crippen LogP contribution in [-0.4, -0.2) is 32.4 Å². The molecule has 0 bridgehead atoms. The summed E-state index contributed by atoms with van der Waals surface area (Å²) >= 11 is 0. The molecule has 1 rings (SSSR count). The van der Waals surface area contributed by atoms with Gasteiger partial charge in [0.2, 0.25) is 0 Å². The zero-order chi connectivity index (χ0) is 13.1. The number of benzene rings is 1. The summed E-state index contributed by atoms with van der Waals surface area (Å²) in [5, 5.41) is 0. The van der Waals surface area contributed by atoms with E-state index in [2.05, 4.69) is 0 Å². The molecule has 4 nitrogen and oxygen atoms in total. The van der Waals surface area contributed by atoms with Gasteiger partial charge in [-0.2, -0.15) is 0 Å². The molecule has 0 aromatic heterocycles. The summed E-state index contributed by atoms with van der Waals surface area (Å²) in [5.41, 5.74) is 1.14. The highest BCUT2D eigenvalue weighted by molar-refractivity contribution is 5.69. The first-order chi connectivity index (χ1) is 8.83. The fraction of sp³-hybridized carbons (Fsp3) is 0.500. The van der Waals surface area contributed by atoms with Crippen molar-refractivity contribution >= 4 is 5.97 Å². The Morgan fingerprint density at radius 1 is 1.06 bits per heavy atom. The lowest BCUT2D eigenvalue weighted by atomic mass is 10.2. The number of hydrogen-bond donors (Lipinski definition) is 0. The molecule has 0 radical (unpaired) electrons. The first-order valence-electron chi connectivity index (χ1n) is 6.18. The average Bonchev–Trinajstić information content (AvgIpc) is 2.39. The lowest BCUT2D eigenvalue weighted by Crippen LogP contribution is -2.10. The van der Waals surface area contributed by atoms with Gasteiger partial charge in [0.05, 0.1) is 39.5 Å². The molecule has 1 aromatic carbocycles. The quantitative estimate of drug-likeness (QED) is 0.499. The van der Waals surface area contributed by atoms with Gasteiger partial charge < -0.3 is 14.2 Å². The second-order valence-electron chi connectivity index (χ2n) is 3.71. The van der Waals surface area contributed by atoms with E-state index in [1.165, 1.54) is 0 Å². The third-order valence-electron chi connectivity index (χ3n) is 2.24. The molecular formula is C14H20O4. The van der Waals surface area contributed by atoms with Gasteiger partial charge in [0.25, 0.3) is 0 Å². The number of carbonyl (C=O) groups is 1. The Bertz CT molecular complexity index is 324. The van der Waals surface area contributed by atoms with Gasteiger partial charge in [-0.15, -0.1) is 0 Å². The maximum Gasteiger partial charge on any atom is 0.308 e. The minimum atomic E-state index is -0.220. The fourth-order valence-electron chi connectivity index (χ4n) is 1.37. The molecule has 0 amide bonds. The van der Waals surface area contributed by atoms with Crippen LogP contribution in [0.5, 0.6) is 0 Å². The molecule has 100 valence electrons. The van der Waals surface area contributed by atoms with Crippen LogP contribution in [0.1, 0.15) is 18.9 Å². The lowest BCUT2D eigenvalue weighted by molar-refractivity contribution is -0.144. The second-order valence-corrected chi connectivity index (χ2v) is 3.71. The standard InChI is InChI=1S/C14H20O4/c1-2-18-14(15)8-9-16-10-11-17-12-13-6-4-3-5-7-13/h3-7H,2,8-12H2,1H3. The average molecular weight is 252 g/mol. The number of hydrogen-bond acceptors (Lipinski definition) is 4. The zero-order valence-electron chi connectivity index (χ0n) is 10.8. The van der Waals surface area contributed by atoms with Crippen molar-refractivity contribution in [3.05, 3.63) is 35.9 Å². The van der Waals surface area contributed by atoms with Crippen molar-refractivity contribution in [2.75, 3.05) is 26.4 Å². The minimum Gasteiger partial charge on any atom is -0.466 e. The van der Waals surface area contributed by atoms with Gasteiger partial charge in [0, 0.05) is 0 Å². The molecule has 4 heteroatoms. The molecule has 0 saturated heterocycles. The van der Waals surface area contributed by atoms with E-state index in [9.17, 15) is 4.79 Å². The maximum absolute atomic E-state index is 11.0. The molecule has 0 unspecified atom stereocenters. The van der Waals surface area contributed by atoms with E-state index in [1.54, 1.807) is 6.92 Å². The van der Waals surface area contributed by atoms with Crippen molar-refractivity contribution in [1.29, 1.82) is 0 Å². The predicted octanol–water partition coefficient (Wildman–Crippen LogP) is 2.17. The van der Waals surface area contributed by atoms with Gasteiger partial charge in [-0.25, -0.2) is 0 Å². The molecule has 0 aliphatic heterocycles. The topological polar surface area (TPSA) is 44.8 Å². The second kappa shape index (κ2) is 9.62. The highest BCUT2D eigenvalue weighted by atomic mass is 16.5. The molecule has 0 N–H and O–H groups in total. The predicted molar refractivity (Wildman–Crippen MR) is 68.2 cm³/mol. The van der Waals surface area contributed by atoms with Crippen LogP contribution in [0, 0.1) is 0 Å². The fourth-order valence-corrected chi connectivity index (χ4v) is 1.37. The summed E-state index contributed by atoms with van der Waals surface area (Å²) in [4.78, 5) is 11.0. The Morgan fingerprint density at radius 2 is 1.78 bits per heavy atom. The van der Waals surface area contributed by atoms with Crippen LogP contribution >= 0.6 is 0 Å². The number of ether oxygens (including phenoxy) is 3. The lowest BCUT2D eigenvalue weighted by Gasteiger charge is -2.06. The Kier molecular flexibility index (Phi) is 7.84. The van der Waals surface area contributed by atoms with Crippen LogP contribution in [0.3, 0.4) is 0 Å². The van der Waals surface area contributed by atoms with Crippen molar-refractivity contribution < 1.29 is 19.0 Å².